The van der Waals surface area contributed by atoms with Gasteiger partial charge in [-0.15, -0.1) is 24.0 Å². The minimum atomic E-state index is 0. The molecule has 4 N–H and O–H groups in total. The Labute approximate surface area is 165 Å². The van der Waals surface area contributed by atoms with Crippen LogP contribution in [-0.4, -0.2) is 17.5 Å². The van der Waals surface area contributed by atoms with Crippen LogP contribution in [0.1, 0.15) is 22.4 Å². The number of rotatable bonds is 4. The van der Waals surface area contributed by atoms with Crippen molar-refractivity contribution in [2.45, 2.75) is 27.2 Å². The Kier molecular flexibility index (Phi) is 6.47. The van der Waals surface area contributed by atoms with Crippen molar-refractivity contribution < 1.29 is 0 Å². The van der Waals surface area contributed by atoms with Gasteiger partial charge in [0.25, 0.3) is 0 Å². The number of aromatic amines is 1. The number of fused-ring (bicyclic) bond motifs is 1. The van der Waals surface area contributed by atoms with Gasteiger partial charge in [-0.3, -0.25) is 4.99 Å². The van der Waals surface area contributed by atoms with Crippen LogP contribution in [0.5, 0.6) is 0 Å². The van der Waals surface area contributed by atoms with Crippen LogP contribution in [0.15, 0.2) is 47.5 Å². The van der Waals surface area contributed by atoms with Crippen LogP contribution in [0.3, 0.4) is 0 Å². The highest BCUT2D eigenvalue weighted by Crippen LogP contribution is 2.22. The van der Waals surface area contributed by atoms with Gasteiger partial charge in [-0.05, 0) is 62.1 Å². The number of nitrogens with two attached hydrogens (primary N) is 1. The van der Waals surface area contributed by atoms with E-state index in [2.05, 4.69) is 72.5 Å². The maximum Gasteiger partial charge on any atom is 0.193 e. The highest BCUT2D eigenvalue weighted by Gasteiger charge is 2.07. The number of anilines is 1. The topological polar surface area (TPSA) is 66.2 Å². The number of nitrogens with one attached hydrogen (secondary N) is 2. The van der Waals surface area contributed by atoms with Crippen molar-refractivity contribution in [2.75, 3.05) is 11.9 Å². The molecule has 0 bridgehead atoms. The highest BCUT2D eigenvalue weighted by atomic mass is 127. The van der Waals surface area contributed by atoms with E-state index in [0.717, 1.165) is 12.1 Å². The molecule has 1 aromatic heterocycles. The summed E-state index contributed by atoms with van der Waals surface area (Å²) in [6.07, 6.45) is 0.866. The Hall–Kier alpha value is -2.02. The van der Waals surface area contributed by atoms with Gasteiger partial charge in [0.1, 0.15) is 0 Å². The Morgan fingerprint density at radius 2 is 1.76 bits per heavy atom. The zero-order valence-electron chi connectivity index (χ0n) is 14.9. The van der Waals surface area contributed by atoms with Crippen LogP contribution in [-0.2, 0) is 6.42 Å². The van der Waals surface area contributed by atoms with E-state index in [1.807, 2.05) is 6.07 Å². The molecule has 0 atom stereocenters. The van der Waals surface area contributed by atoms with Crippen molar-refractivity contribution in [1.29, 1.82) is 0 Å². The molecule has 0 amide bonds. The van der Waals surface area contributed by atoms with Crippen LogP contribution >= 0.6 is 24.0 Å². The molecule has 0 fully saturated rings. The number of halogens is 1. The fraction of sp³-hybridized carbons (Fsp3) is 0.250. The molecular weight excluding hydrogens is 423 g/mol. The Bertz CT molecular complexity index is 876. The molecule has 25 heavy (non-hydrogen) atoms. The molecule has 4 nitrogen and oxygen atoms in total. The summed E-state index contributed by atoms with van der Waals surface area (Å²) in [4.78, 5) is 7.89. The monoisotopic (exact) mass is 448 g/mol. The summed E-state index contributed by atoms with van der Waals surface area (Å²) in [5, 5.41) is 4.44. The van der Waals surface area contributed by atoms with E-state index >= 15 is 0 Å². The van der Waals surface area contributed by atoms with Crippen molar-refractivity contribution in [1.82, 2.24) is 4.98 Å². The molecule has 3 aromatic rings. The first-order valence-electron chi connectivity index (χ1n) is 8.24. The van der Waals surface area contributed by atoms with Gasteiger partial charge in [0.2, 0.25) is 0 Å². The van der Waals surface area contributed by atoms with Gasteiger partial charge in [0.05, 0.1) is 0 Å². The van der Waals surface area contributed by atoms with Crippen LogP contribution in [0, 0.1) is 20.8 Å². The third-order valence-corrected chi connectivity index (χ3v) is 4.17. The van der Waals surface area contributed by atoms with E-state index in [9.17, 15) is 0 Å². The summed E-state index contributed by atoms with van der Waals surface area (Å²) in [7, 11) is 0. The number of aromatic nitrogens is 1. The van der Waals surface area contributed by atoms with Gasteiger partial charge in [0.15, 0.2) is 5.96 Å². The van der Waals surface area contributed by atoms with Crippen LogP contribution in [0.2, 0.25) is 0 Å². The van der Waals surface area contributed by atoms with Gasteiger partial charge in [-0.2, -0.15) is 0 Å². The molecule has 0 aliphatic heterocycles. The molecule has 2 aromatic carbocycles. The van der Waals surface area contributed by atoms with E-state index in [0.29, 0.717) is 12.5 Å². The third kappa shape index (κ3) is 4.75. The first-order chi connectivity index (χ1) is 11.5. The smallest absolute Gasteiger partial charge is 0.193 e. The number of guanidine groups is 1. The number of benzene rings is 2. The maximum atomic E-state index is 6.03. The van der Waals surface area contributed by atoms with Gasteiger partial charge >= 0.3 is 0 Å². The van der Waals surface area contributed by atoms with Gasteiger partial charge in [0, 0.05) is 28.8 Å². The fourth-order valence-corrected chi connectivity index (χ4v) is 3.18. The number of aryl methyl sites for hydroxylation is 3. The van der Waals surface area contributed by atoms with Crippen LogP contribution < -0.4 is 11.1 Å². The summed E-state index contributed by atoms with van der Waals surface area (Å²) in [5.74, 6) is 0.456. The summed E-state index contributed by atoms with van der Waals surface area (Å²) >= 11 is 0. The average Bonchev–Trinajstić information content (AvgIpc) is 2.82. The maximum absolute atomic E-state index is 6.03. The molecular formula is C20H25IN4. The lowest BCUT2D eigenvalue weighted by atomic mass is 10.1. The first-order valence-corrected chi connectivity index (χ1v) is 8.24. The van der Waals surface area contributed by atoms with E-state index in [4.69, 9.17) is 5.73 Å². The zero-order chi connectivity index (χ0) is 17.1. The number of H-pyrrole nitrogens is 1. The molecule has 132 valence electrons. The quantitative estimate of drug-likeness (QED) is 0.308. The highest BCUT2D eigenvalue weighted by molar-refractivity contribution is 14.0. The van der Waals surface area contributed by atoms with E-state index in [-0.39, 0.29) is 24.0 Å². The summed E-state index contributed by atoms with van der Waals surface area (Å²) in [6.45, 7) is 6.92. The van der Waals surface area contributed by atoms with Gasteiger partial charge in [-0.25, -0.2) is 0 Å². The van der Waals surface area contributed by atoms with Gasteiger partial charge < -0.3 is 16.0 Å². The molecule has 3 rings (SSSR count). The molecule has 0 saturated carbocycles. The number of nitrogens with zero attached hydrogens (tertiary/aromatic N) is 1. The predicted molar refractivity (Wildman–Crippen MR) is 118 cm³/mol. The van der Waals surface area contributed by atoms with Crippen molar-refractivity contribution in [3.8, 4) is 0 Å². The molecule has 0 radical (unpaired) electrons. The second-order valence-electron chi connectivity index (χ2n) is 6.29. The number of aliphatic imine (C=N–C) groups is 1. The van der Waals surface area contributed by atoms with E-state index < -0.39 is 0 Å². The van der Waals surface area contributed by atoms with Gasteiger partial charge in [-0.1, -0.05) is 24.3 Å². The molecule has 0 aliphatic carbocycles. The summed E-state index contributed by atoms with van der Waals surface area (Å²) in [5.41, 5.74) is 13.1. The Balaban J connectivity index is 0.00000225. The summed E-state index contributed by atoms with van der Waals surface area (Å²) < 4.78 is 0. The molecule has 1 heterocycles. The molecule has 0 unspecified atom stereocenters. The Morgan fingerprint density at radius 1 is 1.08 bits per heavy atom. The lowest BCUT2D eigenvalue weighted by molar-refractivity contribution is 0.959. The SMILES string of the molecule is Cc1cc(C)cc(NC(N)=NCCc2c(C)[nH]c3ccccc23)c1.I. The lowest BCUT2D eigenvalue weighted by Crippen LogP contribution is -2.23. The van der Waals surface area contributed by atoms with Crippen LogP contribution in [0.25, 0.3) is 10.9 Å². The standard InChI is InChI=1S/C20H24N4.HI/c1-13-10-14(2)12-16(11-13)24-20(21)22-9-8-17-15(3)23-19-7-5-4-6-18(17)19;/h4-7,10-12,23H,8-9H2,1-3H3,(H3,21,22,24);1H. The molecule has 0 spiro atoms. The minimum Gasteiger partial charge on any atom is -0.370 e. The van der Waals surface area contributed by atoms with E-state index in [1.54, 1.807) is 0 Å². The largest absolute Gasteiger partial charge is 0.370 e. The predicted octanol–water partition coefficient (Wildman–Crippen LogP) is 4.68. The number of hydrogen-bond acceptors (Lipinski definition) is 1. The van der Waals surface area contributed by atoms with Crippen molar-refractivity contribution in [3.63, 3.8) is 0 Å². The Morgan fingerprint density at radius 3 is 2.48 bits per heavy atom. The molecule has 0 aliphatic rings. The number of hydrogen-bond donors (Lipinski definition) is 3. The average molecular weight is 448 g/mol. The minimum absolute atomic E-state index is 0. The third-order valence-electron chi connectivity index (χ3n) is 4.17. The van der Waals surface area contributed by atoms with E-state index in [1.165, 1.54) is 33.3 Å². The first kappa shape index (κ1) is 19.3. The fourth-order valence-electron chi connectivity index (χ4n) is 3.18. The van der Waals surface area contributed by atoms with Crippen molar-refractivity contribution in [3.05, 3.63) is 64.8 Å². The van der Waals surface area contributed by atoms with Crippen molar-refractivity contribution >= 4 is 46.5 Å². The second kappa shape index (κ2) is 8.38. The molecule has 0 saturated heterocycles. The second-order valence-corrected chi connectivity index (χ2v) is 6.29. The zero-order valence-corrected chi connectivity index (χ0v) is 17.2. The summed E-state index contributed by atoms with van der Waals surface area (Å²) in [6, 6.07) is 14.6. The number of para-hydroxylation sites is 1. The van der Waals surface area contributed by atoms with Crippen LogP contribution in [0.4, 0.5) is 5.69 Å². The van der Waals surface area contributed by atoms with Crippen molar-refractivity contribution in [2.24, 2.45) is 10.7 Å². The normalized spacial score (nSPS) is 11.4. The molecule has 5 heteroatoms. The lowest BCUT2D eigenvalue weighted by Gasteiger charge is -2.08.